The van der Waals surface area contributed by atoms with Gasteiger partial charge in [-0.2, -0.15) is 0 Å². The predicted octanol–water partition coefficient (Wildman–Crippen LogP) is 11.5. The molecular weight excluding hydrogens is 677 g/mol. The van der Waals surface area contributed by atoms with Crippen molar-refractivity contribution in [3.8, 4) is 0 Å². The summed E-state index contributed by atoms with van der Waals surface area (Å²) in [5.41, 5.74) is 21.5. The quantitative estimate of drug-likeness (QED) is 0.164. The number of rotatable bonds is 5. The molecule has 7 aromatic rings. The van der Waals surface area contributed by atoms with Crippen LogP contribution in [-0.4, -0.2) is 6.71 Å². The summed E-state index contributed by atoms with van der Waals surface area (Å²) >= 11 is 0. The Kier molecular flexibility index (Phi) is 7.30. The fourth-order valence-corrected chi connectivity index (χ4v) is 10.5. The van der Waals surface area contributed by atoms with E-state index in [2.05, 4.69) is 200 Å². The summed E-state index contributed by atoms with van der Waals surface area (Å²) in [6.07, 6.45) is 4.41. The molecule has 4 heteroatoms. The molecule has 3 nitrogen and oxygen atoms in total. The third kappa shape index (κ3) is 5.26. The van der Waals surface area contributed by atoms with Gasteiger partial charge in [0.1, 0.15) is 0 Å². The Labute approximate surface area is 332 Å². The van der Waals surface area contributed by atoms with Gasteiger partial charge in [-0.3, -0.25) is 0 Å². The van der Waals surface area contributed by atoms with Crippen LogP contribution >= 0.6 is 0 Å². The molecule has 2 aliphatic carbocycles. The highest BCUT2D eigenvalue weighted by molar-refractivity contribution is 7.00. The molecule has 11 rings (SSSR count). The van der Waals surface area contributed by atoms with Gasteiger partial charge >= 0.3 is 0 Å². The van der Waals surface area contributed by atoms with Crippen molar-refractivity contribution in [2.75, 3.05) is 14.7 Å². The molecule has 0 bridgehead atoms. The molecule has 0 fully saturated rings. The van der Waals surface area contributed by atoms with E-state index in [-0.39, 0.29) is 17.5 Å². The summed E-state index contributed by atoms with van der Waals surface area (Å²) in [5, 5.41) is 0. The lowest BCUT2D eigenvalue weighted by atomic mass is 9.33. The monoisotopic (exact) mass is 723 g/mol. The van der Waals surface area contributed by atoms with Crippen LogP contribution in [0.5, 0.6) is 0 Å². The lowest BCUT2D eigenvalue weighted by molar-refractivity contribution is 0.392. The third-order valence-electron chi connectivity index (χ3n) is 12.7. The standard InChI is InChI=1S/C52H46BN3/c1-51(2)31-35-25-44-46(27-37(35)33-51)55(41-21-13-7-14-22-41)48-29-43(54(39-17-9-5-10-18-39)40-19-11-6-12-20-40)30-49-50(48)53(44)45-26-36-32-52(3,4)34-38(36)28-47(45)56(49)42-23-15-8-16-24-42/h5-30H,31-34H2,1-4H3. The number of anilines is 9. The first-order valence-electron chi connectivity index (χ1n) is 20.3. The van der Waals surface area contributed by atoms with Crippen LogP contribution in [-0.2, 0) is 25.7 Å². The first-order valence-corrected chi connectivity index (χ1v) is 20.3. The summed E-state index contributed by atoms with van der Waals surface area (Å²) in [6, 6.07) is 59.2. The largest absolute Gasteiger partial charge is 0.311 e. The molecule has 2 heterocycles. The topological polar surface area (TPSA) is 9.72 Å². The van der Waals surface area contributed by atoms with Crippen LogP contribution in [0.1, 0.15) is 49.9 Å². The molecule has 0 amide bonds. The van der Waals surface area contributed by atoms with Gasteiger partial charge in [0.05, 0.1) is 5.69 Å². The first-order chi connectivity index (χ1) is 27.2. The van der Waals surface area contributed by atoms with Crippen molar-refractivity contribution in [2.45, 2.75) is 53.4 Å². The van der Waals surface area contributed by atoms with Gasteiger partial charge in [-0.1, -0.05) is 113 Å². The van der Waals surface area contributed by atoms with E-state index in [1.165, 1.54) is 72.8 Å². The van der Waals surface area contributed by atoms with Crippen molar-refractivity contribution in [3.05, 3.63) is 180 Å². The molecule has 0 N–H and O–H groups in total. The molecule has 2 aliphatic heterocycles. The molecule has 56 heavy (non-hydrogen) atoms. The van der Waals surface area contributed by atoms with Crippen LogP contribution in [0, 0.1) is 10.8 Å². The van der Waals surface area contributed by atoms with Gasteiger partial charge in [-0.15, -0.1) is 0 Å². The maximum absolute atomic E-state index is 2.61. The minimum atomic E-state index is 0.0869. The zero-order valence-corrected chi connectivity index (χ0v) is 32.8. The highest BCUT2D eigenvalue weighted by atomic mass is 15.2. The molecule has 4 aliphatic rings. The van der Waals surface area contributed by atoms with E-state index in [0.717, 1.165) is 42.7 Å². The van der Waals surface area contributed by atoms with E-state index < -0.39 is 0 Å². The van der Waals surface area contributed by atoms with Crippen molar-refractivity contribution in [1.82, 2.24) is 0 Å². The van der Waals surface area contributed by atoms with E-state index >= 15 is 0 Å². The lowest BCUT2D eigenvalue weighted by Crippen LogP contribution is -2.61. The van der Waals surface area contributed by atoms with Crippen molar-refractivity contribution in [1.29, 1.82) is 0 Å². The lowest BCUT2D eigenvalue weighted by Gasteiger charge is -2.45. The second kappa shape index (κ2) is 12.3. The molecule has 272 valence electrons. The number of nitrogens with zero attached hydrogens (tertiary/aromatic N) is 3. The second-order valence-corrected chi connectivity index (χ2v) is 18.1. The molecule has 0 saturated heterocycles. The zero-order chi connectivity index (χ0) is 37.8. The van der Waals surface area contributed by atoms with Crippen molar-refractivity contribution >= 4 is 74.3 Å². The van der Waals surface area contributed by atoms with Gasteiger partial charge in [-0.05, 0) is 148 Å². The van der Waals surface area contributed by atoms with Gasteiger partial charge in [-0.25, -0.2) is 0 Å². The van der Waals surface area contributed by atoms with Gasteiger partial charge in [0, 0.05) is 45.5 Å². The van der Waals surface area contributed by atoms with Gasteiger partial charge in [0.25, 0.3) is 6.71 Å². The van der Waals surface area contributed by atoms with E-state index in [1.807, 2.05) is 0 Å². The minimum absolute atomic E-state index is 0.0869. The van der Waals surface area contributed by atoms with Crippen molar-refractivity contribution in [3.63, 3.8) is 0 Å². The van der Waals surface area contributed by atoms with E-state index in [0.29, 0.717) is 0 Å². The summed E-state index contributed by atoms with van der Waals surface area (Å²) in [4.78, 5) is 7.59. The minimum Gasteiger partial charge on any atom is -0.311 e. The number of hydrogen-bond acceptors (Lipinski definition) is 3. The summed E-state index contributed by atoms with van der Waals surface area (Å²) < 4.78 is 0. The maximum atomic E-state index is 2.61. The van der Waals surface area contributed by atoms with Crippen LogP contribution in [0.2, 0.25) is 0 Å². The Hall–Kier alpha value is -6.00. The highest BCUT2D eigenvalue weighted by Crippen LogP contribution is 2.50. The van der Waals surface area contributed by atoms with Crippen LogP contribution in [0.3, 0.4) is 0 Å². The molecule has 7 aromatic carbocycles. The molecule has 0 saturated carbocycles. The molecular formula is C52H46BN3. The smallest absolute Gasteiger partial charge is 0.252 e. The second-order valence-electron chi connectivity index (χ2n) is 18.1. The molecule has 0 unspecified atom stereocenters. The van der Waals surface area contributed by atoms with Gasteiger partial charge in [0.2, 0.25) is 0 Å². The van der Waals surface area contributed by atoms with Crippen LogP contribution < -0.4 is 31.1 Å². The van der Waals surface area contributed by atoms with Crippen molar-refractivity contribution in [2.24, 2.45) is 10.8 Å². The van der Waals surface area contributed by atoms with E-state index in [1.54, 1.807) is 0 Å². The summed E-state index contributed by atoms with van der Waals surface area (Å²) in [5.74, 6) is 0. The highest BCUT2D eigenvalue weighted by Gasteiger charge is 2.46. The van der Waals surface area contributed by atoms with E-state index in [9.17, 15) is 0 Å². The Balaban J connectivity index is 1.27. The number of hydrogen-bond donors (Lipinski definition) is 0. The average molecular weight is 724 g/mol. The number of fused-ring (bicyclic) bond motifs is 6. The fraction of sp³-hybridized carbons (Fsp3) is 0.192. The average Bonchev–Trinajstić information content (AvgIpc) is 3.68. The Morgan fingerprint density at radius 2 is 0.768 bits per heavy atom. The third-order valence-corrected chi connectivity index (χ3v) is 12.7. The number of para-hydroxylation sites is 4. The van der Waals surface area contributed by atoms with Gasteiger partial charge in [0.15, 0.2) is 0 Å². The zero-order valence-electron chi connectivity index (χ0n) is 32.8. The summed E-state index contributed by atoms with van der Waals surface area (Å²) in [7, 11) is 0. The Bertz CT molecular complexity index is 2470. The Morgan fingerprint density at radius 1 is 0.411 bits per heavy atom. The van der Waals surface area contributed by atoms with Crippen LogP contribution in [0.4, 0.5) is 51.2 Å². The Morgan fingerprint density at radius 3 is 1.16 bits per heavy atom. The predicted molar refractivity (Wildman–Crippen MR) is 238 cm³/mol. The summed E-state index contributed by atoms with van der Waals surface area (Å²) in [6.45, 7) is 9.81. The SMILES string of the molecule is CC1(C)Cc2cc3c(cc2C1)N(c1ccccc1)c1cc(N(c2ccccc2)c2ccccc2)cc2c1B3c1cc3c(cc1N2c1ccccc1)CC(C)(C)C3. The first kappa shape index (κ1) is 33.4. The van der Waals surface area contributed by atoms with Gasteiger partial charge < -0.3 is 14.7 Å². The number of benzene rings is 7. The van der Waals surface area contributed by atoms with Crippen LogP contribution in [0.25, 0.3) is 0 Å². The molecule has 0 radical (unpaired) electrons. The molecule has 0 spiro atoms. The normalized spacial score (nSPS) is 16.5. The fourth-order valence-electron chi connectivity index (χ4n) is 10.5. The maximum Gasteiger partial charge on any atom is 0.252 e. The van der Waals surface area contributed by atoms with Crippen LogP contribution in [0.15, 0.2) is 158 Å². The van der Waals surface area contributed by atoms with E-state index in [4.69, 9.17) is 0 Å². The molecule has 0 aromatic heterocycles. The molecule has 0 atom stereocenters. The van der Waals surface area contributed by atoms with Crippen molar-refractivity contribution < 1.29 is 0 Å².